The van der Waals surface area contributed by atoms with Crippen LogP contribution in [0.1, 0.15) is 78.5 Å². The Labute approximate surface area is 479 Å². The lowest BCUT2D eigenvalue weighted by Gasteiger charge is -2.19. The number of aromatic nitrogens is 2. The summed E-state index contributed by atoms with van der Waals surface area (Å²) >= 11 is 0. The molecule has 2 aliphatic heterocycles. The molecular formula is C55H64F4N12O13. The molecule has 2 aromatic carbocycles. The van der Waals surface area contributed by atoms with Gasteiger partial charge < -0.3 is 65.8 Å². The van der Waals surface area contributed by atoms with E-state index >= 15 is 0 Å². The van der Waals surface area contributed by atoms with Crippen LogP contribution in [0, 0.1) is 22.7 Å². The normalized spacial score (nSPS) is 16.2. The van der Waals surface area contributed by atoms with Gasteiger partial charge in [0.1, 0.15) is 36.2 Å². The number of likely N-dealkylation sites (tertiary alicyclic amines) is 2. The second kappa shape index (κ2) is 31.5. The topological polar surface area (TPSA) is 349 Å². The van der Waals surface area contributed by atoms with Crippen molar-refractivity contribution >= 4 is 69.2 Å². The molecular weight excluding hydrogens is 1110 g/mol. The summed E-state index contributed by atoms with van der Waals surface area (Å²) in [5, 5.41) is 32.4. The van der Waals surface area contributed by atoms with Crippen LogP contribution in [0.15, 0.2) is 60.9 Å². The van der Waals surface area contributed by atoms with Crippen LogP contribution in [0.2, 0.25) is 0 Å². The number of nitriles is 2. The molecule has 29 heteroatoms. The molecule has 0 radical (unpaired) electrons. The van der Waals surface area contributed by atoms with E-state index in [1.807, 2.05) is 0 Å². The van der Waals surface area contributed by atoms with Gasteiger partial charge in [-0.3, -0.25) is 43.5 Å². The number of carbonyl (C=O) groups excluding carboxylic acids is 8. The molecule has 84 heavy (non-hydrogen) atoms. The van der Waals surface area contributed by atoms with Gasteiger partial charge in [0.25, 0.3) is 23.7 Å². The molecule has 0 bridgehead atoms. The van der Waals surface area contributed by atoms with E-state index in [0.29, 0.717) is 59.0 Å². The van der Waals surface area contributed by atoms with Gasteiger partial charge in [0.2, 0.25) is 29.5 Å². The van der Waals surface area contributed by atoms with Crippen LogP contribution >= 0.6 is 0 Å². The number of unbranched alkanes of at least 4 members (excludes halogenated alkanes) is 2. The Morgan fingerprint density at radius 2 is 1.11 bits per heavy atom. The molecule has 4 heterocycles. The molecule has 0 aliphatic carbocycles. The number of hydrogen-bond donors (Lipinski definition) is 6. The quantitative estimate of drug-likeness (QED) is 0.0302. The Morgan fingerprint density at radius 1 is 0.619 bits per heavy atom. The van der Waals surface area contributed by atoms with Crippen LogP contribution in [0.5, 0.6) is 11.5 Å². The number of carbonyl (C=O) groups is 8. The van der Waals surface area contributed by atoms with Crippen molar-refractivity contribution in [2.45, 2.75) is 87.8 Å². The number of nitrogens with two attached hydrogens (primary N) is 1. The standard InChI is InChI=1S/C55H64F4N12O13/c56-54(57)27-35(29-60)70(33-54)48(74)31-67-50(76)39-11-16-63-43-7-5-37(25-41(39)43)82-18-3-1-14-65-46(72)10-9-45(69-47(73)13-20-80-21-22-81-23-24-84-53(62)79)52(78)66-15-2-4-19-83-38-6-8-44-42(26-38)40(12-17-64-44)51(77)68-32-49(75)71-34-55(58,59)28-36(71)30-61/h5-8,11-12,16-17,25-26,35-36,45H,1-4,9-10,13-15,18-24,27-28,31-34H2,(H2,62,79)(H,65,72)(H,66,78)(H,67,76)(H,68,77)(H,69,73)/t35?,36?,45-/m0/s1. The van der Waals surface area contributed by atoms with Gasteiger partial charge in [0.15, 0.2) is 0 Å². The molecule has 2 aliphatic rings. The molecule has 2 unspecified atom stereocenters. The van der Waals surface area contributed by atoms with Crippen LogP contribution in [0.3, 0.4) is 0 Å². The van der Waals surface area contributed by atoms with E-state index in [1.165, 1.54) is 24.5 Å². The van der Waals surface area contributed by atoms with E-state index < -0.39 is 111 Å². The summed E-state index contributed by atoms with van der Waals surface area (Å²) in [6, 6.07) is 12.3. The van der Waals surface area contributed by atoms with E-state index in [2.05, 4.69) is 41.3 Å². The zero-order valence-corrected chi connectivity index (χ0v) is 45.6. The number of rotatable bonds is 32. The summed E-state index contributed by atoms with van der Waals surface area (Å²) in [6.07, 6.45) is 1.90. The highest BCUT2D eigenvalue weighted by molar-refractivity contribution is 6.08. The SMILES string of the molecule is N#CC1CC(F)(F)CN1C(=O)CNC(=O)c1ccnc2ccc(OCCCCNC(=O)CC[C@H](NC(=O)CCOCCOCCOC(N)=O)C(=O)NCCCCOc3ccc4nccc(C(=O)NCC(=O)N5CC(F)(F)CC5C#N)c4c3)cc12. The minimum atomic E-state index is -3.21. The monoisotopic (exact) mass is 1180 g/mol. The number of hydrogen-bond acceptors (Lipinski definition) is 17. The van der Waals surface area contributed by atoms with Crippen molar-refractivity contribution in [3.8, 4) is 23.6 Å². The van der Waals surface area contributed by atoms with Gasteiger partial charge in [-0.15, -0.1) is 0 Å². The largest absolute Gasteiger partial charge is 0.494 e. The maximum atomic E-state index is 13.9. The molecule has 25 nitrogen and oxygen atoms in total. The first kappa shape index (κ1) is 64.2. The van der Waals surface area contributed by atoms with Gasteiger partial charge in [-0.05, 0) is 80.6 Å². The van der Waals surface area contributed by atoms with Crippen LogP contribution in [-0.4, -0.2) is 183 Å². The van der Waals surface area contributed by atoms with Crippen LogP contribution in [0.25, 0.3) is 21.8 Å². The number of nitrogens with zero attached hydrogens (tertiary/aromatic N) is 6. The van der Waals surface area contributed by atoms with E-state index in [9.17, 15) is 66.4 Å². The number of alkyl halides is 4. The average molecular weight is 1180 g/mol. The van der Waals surface area contributed by atoms with Gasteiger partial charge in [0.05, 0.1) is 100 Å². The van der Waals surface area contributed by atoms with E-state index in [4.69, 9.17) is 24.7 Å². The van der Waals surface area contributed by atoms with Crippen molar-refractivity contribution in [2.24, 2.45) is 5.73 Å². The summed E-state index contributed by atoms with van der Waals surface area (Å²) in [6.45, 7) is -1.88. The Hall–Kier alpha value is -8.96. The molecule has 0 spiro atoms. The maximum absolute atomic E-state index is 13.9. The van der Waals surface area contributed by atoms with E-state index in [-0.39, 0.29) is 95.6 Å². The lowest BCUT2D eigenvalue weighted by atomic mass is 10.1. The van der Waals surface area contributed by atoms with Crippen LogP contribution < -0.4 is 41.8 Å². The lowest BCUT2D eigenvalue weighted by Crippen LogP contribution is -2.47. The van der Waals surface area contributed by atoms with Crippen molar-refractivity contribution < 1.29 is 79.6 Å². The minimum absolute atomic E-state index is 0.0105. The fourth-order valence-electron chi connectivity index (χ4n) is 8.90. The third-order valence-corrected chi connectivity index (χ3v) is 13.1. The van der Waals surface area contributed by atoms with Crippen molar-refractivity contribution in [1.82, 2.24) is 46.4 Å². The summed E-state index contributed by atoms with van der Waals surface area (Å²) < 4.78 is 82.6. The third-order valence-electron chi connectivity index (χ3n) is 13.1. The lowest BCUT2D eigenvalue weighted by molar-refractivity contribution is -0.132. The van der Waals surface area contributed by atoms with Gasteiger partial charge >= 0.3 is 6.09 Å². The Kier molecular flexibility index (Phi) is 24.1. The maximum Gasteiger partial charge on any atom is 0.404 e. The highest BCUT2D eigenvalue weighted by Gasteiger charge is 2.48. The predicted octanol–water partition coefficient (Wildman–Crippen LogP) is 2.80. The summed E-state index contributed by atoms with van der Waals surface area (Å²) in [5.41, 5.74) is 6.08. The number of benzene rings is 2. The molecule has 450 valence electrons. The van der Waals surface area contributed by atoms with Gasteiger partial charge in [0, 0.05) is 61.9 Å². The second-order valence-electron chi connectivity index (χ2n) is 19.4. The van der Waals surface area contributed by atoms with Crippen molar-refractivity contribution in [3.05, 3.63) is 72.1 Å². The number of amides is 8. The fraction of sp³-hybridized carbons (Fsp3) is 0.491. The first-order valence-corrected chi connectivity index (χ1v) is 26.9. The molecule has 6 rings (SSSR count). The highest BCUT2D eigenvalue weighted by Crippen LogP contribution is 2.33. The molecule has 7 N–H and O–H groups in total. The zero-order chi connectivity index (χ0) is 60.7. The molecule has 3 atom stereocenters. The van der Waals surface area contributed by atoms with Gasteiger partial charge in [-0.25, -0.2) is 22.4 Å². The minimum Gasteiger partial charge on any atom is -0.494 e. The molecule has 8 amide bonds. The first-order valence-electron chi connectivity index (χ1n) is 26.9. The number of primary amides is 1. The van der Waals surface area contributed by atoms with Gasteiger partial charge in [-0.1, -0.05) is 0 Å². The van der Waals surface area contributed by atoms with Crippen LogP contribution in [0.4, 0.5) is 22.4 Å². The van der Waals surface area contributed by atoms with E-state index in [0.717, 1.165) is 9.80 Å². The Bertz CT molecular complexity index is 3090. The van der Waals surface area contributed by atoms with Gasteiger partial charge in [-0.2, -0.15) is 10.5 Å². The fourth-order valence-corrected chi connectivity index (χ4v) is 8.90. The Morgan fingerprint density at radius 3 is 1.61 bits per heavy atom. The van der Waals surface area contributed by atoms with Crippen molar-refractivity contribution in [2.75, 3.05) is 85.5 Å². The third kappa shape index (κ3) is 19.9. The Balaban J connectivity index is 0.923. The first-order chi connectivity index (χ1) is 40.3. The second-order valence-corrected chi connectivity index (χ2v) is 19.4. The number of halogens is 4. The summed E-state index contributed by atoms with van der Waals surface area (Å²) in [7, 11) is 0. The summed E-state index contributed by atoms with van der Waals surface area (Å²) in [4.78, 5) is 112. The summed E-state index contributed by atoms with van der Waals surface area (Å²) in [5.74, 6) is -10.0. The van der Waals surface area contributed by atoms with Crippen LogP contribution in [-0.2, 0) is 38.2 Å². The molecule has 2 fully saturated rings. The highest BCUT2D eigenvalue weighted by atomic mass is 19.3. The van der Waals surface area contributed by atoms with E-state index in [1.54, 1.807) is 48.5 Å². The number of nitrogens with one attached hydrogen (secondary N) is 5. The molecule has 0 saturated carbocycles. The van der Waals surface area contributed by atoms with Crippen molar-refractivity contribution in [3.63, 3.8) is 0 Å². The number of ether oxygens (including phenoxy) is 5. The zero-order valence-electron chi connectivity index (χ0n) is 45.6. The predicted molar refractivity (Wildman–Crippen MR) is 288 cm³/mol. The molecule has 2 aromatic heterocycles. The molecule has 2 saturated heterocycles. The number of pyridine rings is 2. The average Bonchev–Trinajstić information content (AvgIpc) is 4.06. The van der Waals surface area contributed by atoms with Crippen molar-refractivity contribution in [1.29, 1.82) is 10.5 Å². The smallest absolute Gasteiger partial charge is 0.404 e. The number of fused-ring (bicyclic) bond motifs is 2. The molecule has 4 aromatic rings.